The highest BCUT2D eigenvalue weighted by molar-refractivity contribution is 6.60. The van der Waals surface area contributed by atoms with E-state index in [0.717, 1.165) is 50.5 Å². The Hall–Kier alpha value is -4.48. The number of aromatic hydroxyl groups is 2. The van der Waals surface area contributed by atoms with E-state index in [2.05, 4.69) is 158 Å². The van der Waals surface area contributed by atoms with E-state index in [4.69, 9.17) is 13.3 Å². The van der Waals surface area contributed by atoms with Crippen molar-refractivity contribution in [1.29, 1.82) is 0 Å². The number of aryl methyl sites for hydroxylation is 3. The first-order valence-corrected chi connectivity index (χ1v) is 25.6. The Labute approximate surface area is 381 Å². The van der Waals surface area contributed by atoms with E-state index in [-0.39, 0.29) is 11.5 Å². The van der Waals surface area contributed by atoms with E-state index in [0.29, 0.717) is 30.2 Å². The molecule has 4 aromatic heterocycles. The predicted molar refractivity (Wildman–Crippen MR) is 254 cm³/mol. The van der Waals surface area contributed by atoms with E-state index in [1.54, 1.807) is 27.4 Å². The van der Waals surface area contributed by atoms with Crippen molar-refractivity contribution >= 4 is 8.80 Å². The molecule has 0 bridgehead atoms. The van der Waals surface area contributed by atoms with Crippen molar-refractivity contribution in [3.05, 3.63) is 144 Å². The van der Waals surface area contributed by atoms with Crippen LogP contribution >= 0.6 is 0 Å². The first-order valence-electron chi connectivity index (χ1n) is 23.6. The van der Waals surface area contributed by atoms with Gasteiger partial charge in [-0.1, -0.05) is 54.4 Å². The topological polar surface area (TPSA) is 83.7 Å². The zero-order chi connectivity index (χ0) is 45.6. The molecule has 0 fully saturated rings. The lowest BCUT2D eigenvalue weighted by Crippen LogP contribution is -2.44. The fourth-order valence-corrected chi connectivity index (χ4v) is 10.1. The molecular weight excluding hydrogens is 801 g/mol. The van der Waals surface area contributed by atoms with Crippen molar-refractivity contribution in [3.8, 4) is 11.5 Å². The first kappa shape index (κ1) is 51.2. The van der Waals surface area contributed by atoms with Gasteiger partial charge in [-0.05, 0) is 89.8 Å². The standard InChI is InChI=1S/C27H34N2O2.C26H44N2O3Si/c1-4-6-13-28-14-11-25(12-15-28)23(5-2)18-21(3)24-9-16-29(17-10-24)20-22-7-8-26(30)27(31)19-22;1-7-9-15-27-19-13-26(14-20-27)24(8-2)22-23(3)25-11-17-28(18-12-25)16-10-21-32(29-4,30-5)31-6/h7-12,14-17,19,21,23H,4-6,13,18,20H2,1-3H3;11-14,17-20,23-24H,7-10,15-16,21-22H2,1-6H3/q;+2/p+2. The van der Waals surface area contributed by atoms with Crippen LogP contribution in [0.25, 0.3) is 0 Å². The third-order valence-corrected chi connectivity index (χ3v) is 15.6. The molecule has 0 saturated carbocycles. The average molecular weight is 881 g/mol. The van der Waals surface area contributed by atoms with Gasteiger partial charge in [0, 0.05) is 101 Å². The second-order valence-corrected chi connectivity index (χ2v) is 20.4. The van der Waals surface area contributed by atoms with Gasteiger partial charge in [0.15, 0.2) is 67.6 Å². The second kappa shape index (κ2) is 27.0. The van der Waals surface area contributed by atoms with E-state index < -0.39 is 8.80 Å². The van der Waals surface area contributed by atoms with Gasteiger partial charge in [0.05, 0.1) is 0 Å². The fraction of sp³-hybridized carbons (Fsp3) is 0.509. The summed E-state index contributed by atoms with van der Waals surface area (Å²) in [4.78, 5) is 0. The van der Waals surface area contributed by atoms with Crippen LogP contribution in [-0.4, -0.2) is 40.3 Å². The van der Waals surface area contributed by atoms with Gasteiger partial charge < -0.3 is 23.5 Å². The zero-order valence-electron chi connectivity index (χ0n) is 40.1. The first-order chi connectivity index (χ1) is 30.5. The molecule has 1 aromatic carbocycles. The number of hydrogen-bond donors (Lipinski definition) is 2. The van der Waals surface area contributed by atoms with Crippen molar-refractivity contribution < 1.29 is 41.8 Å². The molecule has 0 aliphatic heterocycles. The summed E-state index contributed by atoms with van der Waals surface area (Å²) < 4.78 is 25.5. The number of benzene rings is 1. The number of hydrogen-bond acceptors (Lipinski definition) is 5. The predicted octanol–water partition coefficient (Wildman–Crippen LogP) is 10.2. The maximum absolute atomic E-state index is 9.69. The molecule has 4 unspecified atom stereocenters. The smallest absolute Gasteiger partial charge is 0.500 e. The summed E-state index contributed by atoms with van der Waals surface area (Å²) in [5, 5.41) is 19.2. The Bertz CT molecular complexity index is 2000. The largest absolute Gasteiger partial charge is 0.504 e. The van der Waals surface area contributed by atoms with Gasteiger partial charge in [0.25, 0.3) is 0 Å². The van der Waals surface area contributed by atoms with Crippen LogP contribution in [0.2, 0.25) is 6.04 Å². The molecule has 5 aromatic rings. The lowest BCUT2D eigenvalue weighted by atomic mass is 9.85. The number of phenolic OH excluding ortho intramolecular Hbond substituents is 2. The Kier molecular flexibility index (Phi) is 21.9. The van der Waals surface area contributed by atoms with Crippen molar-refractivity contribution in [2.24, 2.45) is 0 Å². The lowest BCUT2D eigenvalue weighted by molar-refractivity contribution is -0.697. The molecule has 4 atom stereocenters. The van der Waals surface area contributed by atoms with Crippen LogP contribution in [0.1, 0.15) is 151 Å². The summed E-state index contributed by atoms with van der Waals surface area (Å²) in [6, 6.07) is 23.9. The highest BCUT2D eigenvalue weighted by Crippen LogP contribution is 2.33. The number of rotatable bonds is 25. The number of nitrogens with zero attached hydrogens (tertiary/aromatic N) is 4. The van der Waals surface area contributed by atoms with Gasteiger partial charge >= 0.3 is 8.80 Å². The second-order valence-electron chi connectivity index (χ2n) is 17.3. The van der Waals surface area contributed by atoms with Crippen LogP contribution in [-0.2, 0) is 39.5 Å². The number of pyridine rings is 4. The molecule has 0 spiro atoms. The Balaban J connectivity index is 0.000000277. The molecule has 0 aliphatic carbocycles. The molecule has 4 heterocycles. The summed E-state index contributed by atoms with van der Waals surface area (Å²) in [6.07, 6.45) is 28.0. The highest BCUT2D eigenvalue weighted by Gasteiger charge is 2.37. The monoisotopic (exact) mass is 881 g/mol. The molecule has 5 rings (SSSR count). The third-order valence-electron chi connectivity index (χ3n) is 12.8. The van der Waals surface area contributed by atoms with Gasteiger partial charge in [-0.2, -0.15) is 0 Å². The zero-order valence-corrected chi connectivity index (χ0v) is 41.1. The highest BCUT2D eigenvalue weighted by atomic mass is 28.4. The molecule has 2 N–H and O–H groups in total. The van der Waals surface area contributed by atoms with Crippen LogP contribution in [0, 0.1) is 0 Å². The number of phenols is 2. The lowest BCUT2D eigenvalue weighted by Gasteiger charge is -2.23. The van der Waals surface area contributed by atoms with Crippen molar-refractivity contribution in [1.82, 2.24) is 0 Å². The van der Waals surface area contributed by atoms with Crippen LogP contribution in [0.3, 0.4) is 0 Å². The maximum atomic E-state index is 9.69. The average Bonchev–Trinajstić information content (AvgIpc) is 3.32. The molecule has 0 aliphatic rings. The van der Waals surface area contributed by atoms with Crippen LogP contribution in [0.5, 0.6) is 11.5 Å². The van der Waals surface area contributed by atoms with Gasteiger partial charge in [0.1, 0.15) is 19.6 Å². The van der Waals surface area contributed by atoms with E-state index in [1.165, 1.54) is 66.8 Å². The molecule has 63 heavy (non-hydrogen) atoms. The molecule has 0 amide bonds. The van der Waals surface area contributed by atoms with E-state index in [1.807, 2.05) is 6.07 Å². The van der Waals surface area contributed by atoms with Crippen molar-refractivity contribution in [2.45, 2.75) is 155 Å². The Morgan fingerprint density at radius 3 is 1.24 bits per heavy atom. The number of aromatic nitrogens is 4. The molecule has 0 saturated heterocycles. The summed E-state index contributed by atoms with van der Waals surface area (Å²) in [5.74, 6) is 1.99. The maximum Gasteiger partial charge on any atom is 0.500 e. The third kappa shape index (κ3) is 16.2. The summed E-state index contributed by atoms with van der Waals surface area (Å²) in [7, 11) is 2.54. The van der Waals surface area contributed by atoms with Crippen LogP contribution < -0.4 is 18.3 Å². The molecular formula is C53H80N4O5Si+4. The van der Waals surface area contributed by atoms with Crippen molar-refractivity contribution in [3.63, 3.8) is 0 Å². The molecule has 9 nitrogen and oxygen atoms in total. The minimum absolute atomic E-state index is 0.0780. The summed E-state index contributed by atoms with van der Waals surface area (Å²) in [5.41, 5.74) is 6.59. The van der Waals surface area contributed by atoms with Gasteiger partial charge in [-0.15, -0.1) is 0 Å². The molecule has 10 heteroatoms. The SMILES string of the molecule is CCCC[n+]1ccc(C(CC)CC(C)c2cc[n+](CCC[Si](OC)(OC)OC)cc2)cc1.CCCC[n+]1ccc(C(CC)CC(C)c2cc[n+](Cc3ccc(O)c(O)c3)cc2)cc1. The van der Waals surface area contributed by atoms with Gasteiger partial charge in [-0.3, -0.25) is 0 Å². The van der Waals surface area contributed by atoms with Crippen LogP contribution in [0.15, 0.2) is 116 Å². The number of unbranched alkanes of at least 4 members (excludes halogenated alkanes) is 2. The normalized spacial score (nSPS) is 13.5. The molecule has 0 radical (unpaired) electrons. The molecule has 342 valence electrons. The summed E-state index contributed by atoms with van der Waals surface area (Å²) >= 11 is 0. The van der Waals surface area contributed by atoms with Gasteiger partial charge in [0.2, 0.25) is 0 Å². The van der Waals surface area contributed by atoms with Crippen LogP contribution in [0.4, 0.5) is 0 Å². The fourth-order valence-electron chi connectivity index (χ4n) is 8.43. The van der Waals surface area contributed by atoms with E-state index >= 15 is 0 Å². The summed E-state index contributed by atoms with van der Waals surface area (Å²) in [6.45, 7) is 17.5. The quantitative estimate of drug-likeness (QED) is 0.0347. The minimum Gasteiger partial charge on any atom is -0.504 e. The van der Waals surface area contributed by atoms with Crippen molar-refractivity contribution in [2.75, 3.05) is 21.3 Å². The van der Waals surface area contributed by atoms with E-state index in [9.17, 15) is 10.2 Å². The van der Waals surface area contributed by atoms with Gasteiger partial charge in [-0.25, -0.2) is 18.3 Å². The Morgan fingerprint density at radius 2 is 0.873 bits per heavy atom. The Morgan fingerprint density at radius 1 is 0.492 bits per heavy atom. The minimum atomic E-state index is -2.48.